The van der Waals surface area contributed by atoms with Crippen LogP contribution in [-0.2, 0) is 29.0 Å². The standard InChI is InChI=1S/C21H42O7/c1-11-13-17(25-27-20(7,8)15(3)4)23-19(22)24-18(14-12-2)26-28-21(9,10)16(5)6/h15-18H,11-14H2,1-10H3. The molecule has 0 saturated carbocycles. The minimum atomic E-state index is -0.881. The summed E-state index contributed by atoms with van der Waals surface area (Å²) in [6, 6.07) is 0. The van der Waals surface area contributed by atoms with E-state index in [0.29, 0.717) is 12.8 Å². The Kier molecular flexibility index (Phi) is 12.2. The number of hydrogen-bond donors (Lipinski definition) is 0. The number of rotatable bonds is 14. The maximum atomic E-state index is 12.2. The van der Waals surface area contributed by atoms with Crippen LogP contribution in [0.15, 0.2) is 0 Å². The van der Waals surface area contributed by atoms with Crippen molar-refractivity contribution in [1.82, 2.24) is 0 Å². The van der Waals surface area contributed by atoms with Crippen molar-refractivity contribution >= 4 is 6.16 Å². The first-order chi connectivity index (χ1) is 12.9. The van der Waals surface area contributed by atoms with Gasteiger partial charge in [0.1, 0.15) is 11.2 Å². The Morgan fingerprint density at radius 1 is 0.714 bits per heavy atom. The zero-order valence-corrected chi connectivity index (χ0v) is 19.5. The van der Waals surface area contributed by atoms with E-state index in [1.165, 1.54) is 0 Å². The Hall–Kier alpha value is -0.890. The van der Waals surface area contributed by atoms with E-state index in [1.54, 1.807) is 0 Å². The zero-order chi connectivity index (χ0) is 22.0. The van der Waals surface area contributed by atoms with E-state index < -0.39 is 29.9 Å². The van der Waals surface area contributed by atoms with Gasteiger partial charge in [-0.2, -0.15) is 9.78 Å². The van der Waals surface area contributed by atoms with Crippen LogP contribution in [0.4, 0.5) is 4.79 Å². The summed E-state index contributed by atoms with van der Waals surface area (Å²) in [7, 11) is 0. The number of carbonyl (C=O) groups is 1. The van der Waals surface area contributed by atoms with Gasteiger partial charge in [-0.3, -0.25) is 0 Å². The van der Waals surface area contributed by atoms with Crippen molar-refractivity contribution in [3.05, 3.63) is 0 Å². The van der Waals surface area contributed by atoms with Crippen LogP contribution in [0.3, 0.4) is 0 Å². The van der Waals surface area contributed by atoms with Crippen LogP contribution in [0, 0.1) is 11.8 Å². The molecular formula is C21H42O7. The summed E-state index contributed by atoms with van der Waals surface area (Å²) in [4.78, 5) is 33.9. The normalized spacial score (nSPS) is 15.0. The second-order valence-electron chi connectivity index (χ2n) is 8.80. The quantitative estimate of drug-likeness (QED) is 0.148. The molecule has 7 heteroatoms. The van der Waals surface area contributed by atoms with Crippen LogP contribution >= 0.6 is 0 Å². The lowest BCUT2D eigenvalue weighted by molar-refractivity contribution is -0.430. The first kappa shape index (κ1) is 27.1. The highest BCUT2D eigenvalue weighted by Crippen LogP contribution is 2.24. The summed E-state index contributed by atoms with van der Waals surface area (Å²) in [5.74, 6) is 0.455. The molecular weight excluding hydrogens is 364 g/mol. The number of hydrogen-bond acceptors (Lipinski definition) is 7. The lowest BCUT2D eigenvalue weighted by atomic mass is 9.95. The third kappa shape index (κ3) is 10.6. The first-order valence-corrected chi connectivity index (χ1v) is 10.4. The molecule has 0 spiro atoms. The Balaban J connectivity index is 4.72. The van der Waals surface area contributed by atoms with Crippen LogP contribution in [0.1, 0.15) is 94.9 Å². The molecule has 0 amide bonds. The van der Waals surface area contributed by atoms with Crippen molar-refractivity contribution in [3.63, 3.8) is 0 Å². The molecule has 0 aromatic carbocycles. The molecule has 2 atom stereocenters. The predicted octanol–water partition coefficient (Wildman–Crippen LogP) is 6.16. The Bertz CT molecular complexity index is 394. The average molecular weight is 407 g/mol. The van der Waals surface area contributed by atoms with E-state index in [-0.39, 0.29) is 11.8 Å². The fourth-order valence-electron chi connectivity index (χ4n) is 1.51. The summed E-state index contributed by atoms with van der Waals surface area (Å²) < 4.78 is 10.6. The molecule has 0 rings (SSSR count). The molecule has 0 aliphatic heterocycles. The summed E-state index contributed by atoms with van der Waals surface area (Å²) in [6.07, 6.45) is -0.113. The van der Waals surface area contributed by atoms with Crippen molar-refractivity contribution in [2.24, 2.45) is 11.8 Å². The largest absolute Gasteiger partial charge is 0.513 e. The van der Waals surface area contributed by atoms with Crippen LogP contribution in [-0.4, -0.2) is 29.9 Å². The number of carbonyl (C=O) groups excluding carboxylic acids is 1. The molecule has 0 aromatic heterocycles. The average Bonchev–Trinajstić information content (AvgIpc) is 2.57. The topological polar surface area (TPSA) is 72.5 Å². The van der Waals surface area contributed by atoms with Gasteiger partial charge in [0.15, 0.2) is 0 Å². The zero-order valence-electron chi connectivity index (χ0n) is 19.5. The van der Waals surface area contributed by atoms with Crippen LogP contribution in [0.25, 0.3) is 0 Å². The second-order valence-corrected chi connectivity index (χ2v) is 8.80. The van der Waals surface area contributed by atoms with Gasteiger partial charge in [0.2, 0.25) is 12.6 Å². The van der Waals surface area contributed by atoms with E-state index in [0.717, 1.165) is 12.8 Å². The van der Waals surface area contributed by atoms with Gasteiger partial charge >= 0.3 is 6.16 Å². The van der Waals surface area contributed by atoms with Gasteiger partial charge in [-0.1, -0.05) is 54.4 Å². The molecule has 0 aliphatic carbocycles. The van der Waals surface area contributed by atoms with E-state index in [1.807, 2.05) is 69.2 Å². The molecule has 168 valence electrons. The Morgan fingerprint density at radius 3 is 1.29 bits per heavy atom. The molecule has 0 fully saturated rings. The molecule has 0 radical (unpaired) electrons. The summed E-state index contributed by atoms with van der Waals surface area (Å²) >= 11 is 0. The third-order valence-corrected chi connectivity index (χ3v) is 5.03. The highest BCUT2D eigenvalue weighted by molar-refractivity contribution is 5.60. The molecule has 0 aromatic rings. The molecule has 28 heavy (non-hydrogen) atoms. The molecule has 7 nitrogen and oxygen atoms in total. The van der Waals surface area contributed by atoms with Gasteiger partial charge in [0.25, 0.3) is 0 Å². The first-order valence-electron chi connectivity index (χ1n) is 10.4. The Morgan fingerprint density at radius 2 is 1.04 bits per heavy atom. The van der Waals surface area contributed by atoms with Gasteiger partial charge < -0.3 is 9.47 Å². The molecule has 0 bridgehead atoms. The van der Waals surface area contributed by atoms with Gasteiger partial charge in [-0.05, 0) is 39.5 Å². The fourth-order valence-corrected chi connectivity index (χ4v) is 1.51. The second kappa shape index (κ2) is 12.6. The van der Waals surface area contributed by atoms with Gasteiger partial charge in [0.05, 0.1) is 0 Å². The maximum absolute atomic E-state index is 12.2. The third-order valence-electron chi connectivity index (χ3n) is 5.03. The fraction of sp³-hybridized carbons (Fsp3) is 0.952. The van der Waals surface area contributed by atoms with Crippen LogP contribution in [0.5, 0.6) is 0 Å². The van der Waals surface area contributed by atoms with Crippen LogP contribution in [0.2, 0.25) is 0 Å². The number of ether oxygens (including phenoxy) is 2. The van der Waals surface area contributed by atoms with Gasteiger partial charge in [-0.25, -0.2) is 14.6 Å². The van der Waals surface area contributed by atoms with E-state index in [4.69, 9.17) is 29.0 Å². The molecule has 0 aliphatic rings. The van der Waals surface area contributed by atoms with Gasteiger partial charge in [0, 0.05) is 12.8 Å². The summed E-state index contributed by atoms with van der Waals surface area (Å²) in [5.41, 5.74) is -1.02. The van der Waals surface area contributed by atoms with E-state index in [9.17, 15) is 4.79 Å². The van der Waals surface area contributed by atoms with E-state index in [2.05, 4.69) is 0 Å². The predicted molar refractivity (Wildman–Crippen MR) is 107 cm³/mol. The lowest BCUT2D eigenvalue weighted by Gasteiger charge is -2.30. The Labute approximate surface area is 171 Å². The van der Waals surface area contributed by atoms with Crippen molar-refractivity contribution in [3.8, 4) is 0 Å². The van der Waals surface area contributed by atoms with Gasteiger partial charge in [-0.15, -0.1) is 0 Å². The molecule has 2 unspecified atom stereocenters. The summed E-state index contributed by atoms with van der Waals surface area (Å²) in [6.45, 7) is 19.7. The smallest absolute Gasteiger partial charge is 0.401 e. The SMILES string of the molecule is CCCC(OOC(C)(C)C(C)C)OC(=O)OC(CCC)OOC(C)(C)C(C)C. The minimum absolute atomic E-state index is 0.227. The monoisotopic (exact) mass is 406 g/mol. The summed E-state index contributed by atoms with van der Waals surface area (Å²) in [5, 5.41) is 0. The molecule has 0 saturated heterocycles. The van der Waals surface area contributed by atoms with Crippen molar-refractivity contribution in [1.29, 1.82) is 0 Å². The highest BCUT2D eigenvalue weighted by Gasteiger charge is 2.30. The van der Waals surface area contributed by atoms with E-state index >= 15 is 0 Å². The highest BCUT2D eigenvalue weighted by atomic mass is 17.2. The molecule has 0 heterocycles. The molecule has 0 N–H and O–H groups in total. The lowest BCUT2D eigenvalue weighted by Crippen LogP contribution is -2.36. The van der Waals surface area contributed by atoms with Crippen molar-refractivity contribution < 1.29 is 33.8 Å². The van der Waals surface area contributed by atoms with Crippen LogP contribution < -0.4 is 0 Å². The van der Waals surface area contributed by atoms with Crippen molar-refractivity contribution in [2.75, 3.05) is 0 Å². The minimum Gasteiger partial charge on any atom is -0.401 e. The van der Waals surface area contributed by atoms with Crippen molar-refractivity contribution in [2.45, 2.75) is 119 Å². The maximum Gasteiger partial charge on any atom is 0.513 e.